The molecule has 0 aromatic carbocycles. The second-order valence-corrected chi connectivity index (χ2v) is 13.3. The van der Waals surface area contributed by atoms with Crippen molar-refractivity contribution in [1.29, 1.82) is 0 Å². The van der Waals surface area contributed by atoms with E-state index >= 15 is 0 Å². The fourth-order valence-corrected chi connectivity index (χ4v) is 9.29. The average molecular weight is 459 g/mol. The van der Waals surface area contributed by atoms with Crippen LogP contribution in [0.2, 0.25) is 0 Å². The summed E-state index contributed by atoms with van der Waals surface area (Å²) in [5.41, 5.74) is 0.526. The van der Waals surface area contributed by atoms with Crippen LogP contribution < -0.4 is 0 Å². The maximum Gasteiger partial charge on any atom is 0.306 e. The van der Waals surface area contributed by atoms with Crippen molar-refractivity contribution in [3.63, 3.8) is 0 Å². The van der Waals surface area contributed by atoms with Crippen LogP contribution in [0.3, 0.4) is 0 Å². The fourth-order valence-electron chi connectivity index (χ4n) is 9.29. The van der Waals surface area contributed by atoms with E-state index in [1.54, 1.807) is 0 Å². The highest BCUT2D eigenvalue weighted by Gasteiger charge is 2.60. The zero-order valence-corrected chi connectivity index (χ0v) is 22.4. The van der Waals surface area contributed by atoms with Crippen LogP contribution in [0.5, 0.6) is 0 Å². The first-order chi connectivity index (χ1) is 15.6. The lowest BCUT2D eigenvalue weighted by Crippen LogP contribution is -2.53. The number of rotatable bonds is 7. The van der Waals surface area contributed by atoms with Gasteiger partial charge in [0.05, 0.1) is 0 Å². The third-order valence-corrected chi connectivity index (χ3v) is 11.9. The monoisotopic (exact) mass is 458 g/mol. The summed E-state index contributed by atoms with van der Waals surface area (Å²) in [4.78, 5) is 24.8. The largest absolute Gasteiger partial charge is 0.459 e. The van der Waals surface area contributed by atoms with Gasteiger partial charge in [-0.1, -0.05) is 34.6 Å². The van der Waals surface area contributed by atoms with Crippen molar-refractivity contribution in [3.8, 4) is 0 Å². The van der Waals surface area contributed by atoms with Gasteiger partial charge in [-0.2, -0.15) is 0 Å². The van der Waals surface area contributed by atoms with Crippen molar-refractivity contribution < 1.29 is 14.3 Å². The molecule has 0 aromatic rings. The molecule has 8 atom stereocenters. The average Bonchev–Trinajstić information content (AvgIpc) is 3.15. The molecule has 0 heterocycles. The lowest BCUT2D eigenvalue weighted by Gasteiger charge is -2.60. The molecule has 4 rings (SSSR count). The molecular weight excluding hydrogens is 408 g/mol. The molecule has 0 aromatic heterocycles. The van der Waals surface area contributed by atoms with E-state index < -0.39 is 0 Å². The smallest absolute Gasteiger partial charge is 0.306 e. The molecule has 4 saturated carbocycles. The van der Waals surface area contributed by atoms with Gasteiger partial charge in [0.1, 0.15) is 11.4 Å². The predicted octanol–water partition coefficient (Wildman–Crippen LogP) is 7.75. The molecule has 4 fully saturated rings. The highest BCUT2D eigenvalue weighted by atomic mass is 16.6. The van der Waals surface area contributed by atoms with Gasteiger partial charge in [-0.05, 0) is 117 Å². The fraction of sp³-hybridized carbons (Fsp3) is 0.933. The Kier molecular flexibility index (Phi) is 7.12. The summed E-state index contributed by atoms with van der Waals surface area (Å²) in [6, 6.07) is 0. The van der Waals surface area contributed by atoms with Crippen molar-refractivity contribution in [2.75, 3.05) is 0 Å². The standard InChI is InChI=1S/C30H50O3/c1-7-28(4,8-2)33-27(32)14-9-20(3)24-12-13-25-23-11-10-21-19-22(31)15-17-29(21,5)26(23)16-18-30(24,25)6/h20-21,23-26H,7-19H2,1-6H3. The molecule has 0 aliphatic heterocycles. The zero-order valence-electron chi connectivity index (χ0n) is 22.4. The number of hydrogen-bond acceptors (Lipinski definition) is 3. The van der Waals surface area contributed by atoms with Gasteiger partial charge in [-0.3, -0.25) is 9.59 Å². The van der Waals surface area contributed by atoms with Crippen LogP contribution in [0.25, 0.3) is 0 Å². The van der Waals surface area contributed by atoms with E-state index in [2.05, 4.69) is 41.5 Å². The summed E-state index contributed by atoms with van der Waals surface area (Å²) in [5.74, 6) is 4.99. The van der Waals surface area contributed by atoms with Crippen LogP contribution >= 0.6 is 0 Å². The van der Waals surface area contributed by atoms with Gasteiger partial charge < -0.3 is 4.74 Å². The summed E-state index contributed by atoms with van der Waals surface area (Å²) in [6.45, 7) is 13.8. The van der Waals surface area contributed by atoms with Gasteiger partial charge in [0.25, 0.3) is 0 Å². The summed E-state index contributed by atoms with van der Waals surface area (Å²) < 4.78 is 5.86. The molecular formula is C30H50O3. The van der Waals surface area contributed by atoms with Gasteiger partial charge in [0.15, 0.2) is 0 Å². The van der Waals surface area contributed by atoms with Crippen molar-refractivity contribution >= 4 is 11.8 Å². The maximum absolute atomic E-state index is 12.6. The van der Waals surface area contributed by atoms with Gasteiger partial charge in [-0.15, -0.1) is 0 Å². The molecule has 0 N–H and O–H groups in total. The number of fused-ring (bicyclic) bond motifs is 5. The Balaban J connectivity index is 1.39. The highest BCUT2D eigenvalue weighted by Crippen LogP contribution is 2.68. The molecule has 0 amide bonds. The van der Waals surface area contributed by atoms with Crippen LogP contribution in [-0.2, 0) is 14.3 Å². The first kappa shape index (κ1) is 25.2. The van der Waals surface area contributed by atoms with E-state index in [1.165, 1.54) is 38.5 Å². The van der Waals surface area contributed by atoms with Gasteiger partial charge >= 0.3 is 5.97 Å². The summed E-state index contributed by atoms with van der Waals surface area (Å²) in [6.07, 6.45) is 14.1. The quantitative estimate of drug-likeness (QED) is 0.366. The zero-order chi connectivity index (χ0) is 24.0. The molecule has 0 radical (unpaired) electrons. The van der Waals surface area contributed by atoms with Gasteiger partial charge in [-0.25, -0.2) is 0 Å². The second-order valence-electron chi connectivity index (χ2n) is 13.3. The van der Waals surface area contributed by atoms with Crippen molar-refractivity contribution in [1.82, 2.24) is 0 Å². The van der Waals surface area contributed by atoms with E-state index in [9.17, 15) is 9.59 Å². The van der Waals surface area contributed by atoms with E-state index in [4.69, 9.17) is 4.74 Å². The molecule has 0 saturated heterocycles. The minimum Gasteiger partial charge on any atom is -0.459 e. The molecule has 8 unspecified atom stereocenters. The Morgan fingerprint density at radius 1 is 1.03 bits per heavy atom. The first-order valence-electron chi connectivity index (χ1n) is 14.3. The second kappa shape index (κ2) is 9.30. The minimum atomic E-state index is -0.304. The summed E-state index contributed by atoms with van der Waals surface area (Å²) in [7, 11) is 0. The summed E-state index contributed by atoms with van der Waals surface area (Å²) >= 11 is 0. The van der Waals surface area contributed by atoms with Crippen molar-refractivity contribution in [3.05, 3.63) is 0 Å². The summed E-state index contributed by atoms with van der Waals surface area (Å²) in [5, 5.41) is 0. The van der Waals surface area contributed by atoms with Crippen LogP contribution in [-0.4, -0.2) is 17.4 Å². The Morgan fingerprint density at radius 3 is 2.42 bits per heavy atom. The highest BCUT2D eigenvalue weighted by molar-refractivity contribution is 5.79. The number of ether oxygens (including phenoxy) is 1. The van der Waals surface area contributed by atoms with Gasteiger partial charge in [0, 0.05) is 19.3 Å². The van der Waals surface area contributed by atoms with Crippen LogP contribution in [0.15, 0.2) is 0 Å². The van der Waals surface area contributed by atoms with Crippen LogP contribution in [0.1, 0.15) is 125 Å². The van der Waals surface area contributed by atoms with E-state index in [-0.39, 0.29) is 11.6 Å². The Hall–Kier alpha value is -0.860. The normalized spacial score (nSPS) is 41.6. The molecule has 3 nitrogen and oxygen atoms in total. The van der Waals surface area contributed by atoms with Gasteiger partial charge in [0.2, 0.25) is 0 Å². The lowest BCUT2D eigenvalue weighted by molar-refractivity contribution is -0.159. The Bertz CT molecular complexity index is 739. The number of ketones is 1. The van der Waals surface area contributed by atoms with Crippen LogP contribution in [0, 0.1) is 46.3 Å². The molecule has 4 aliphatic rings. The SMILES string of the molecule is CCC(C)(CC)OC(=O)CCC(C)C1CCC2C3CCC4CC(=O)CCC4(C)C3CCC12C. The molecule has 188 valence electrons. The molecule has 3 heteroatoms. The van der Waals surface area contributed by atoms with E-state index in [0.717, 1.165) is 62.2 Å². The molecule has 33 heavy (non-hydrogen) atoms. The van der Waals surface area contributed by atoms with E-state index in [1.807, 2.05) is 0 Å². The number of esters is 1. The topological polar surface area (TPSA) is 43.4 Å². The van der Waals surface area contributed by atoms with Crippen LogP contribution in [0.4, 0.5) is 0 Å². The van der Waals surface area contributed by atoms with Crippen molar-refractivity contribution in [2.24, 2.45) is 46.3 Å². The van der Waals surface area contributed by atoms with E-state index in [0.29, 0.717) is 34.9 Å². The van der Waals surface area contributed by atoms with Crippen molar-refractivity contribution in [2.45, 2.75) is 131 Å². The molecule has 0 spiro atoms. The molecule has 4 aliphatic carbocycles. The first-order valence-corrected chi connectivity index (χ1v) is 14.3. The third-order valence-electron chi connectivity index (χ3n) is 11.9. The molecule has 0 bridgehead atoms. The predicted molar refractivity (Wildman–Crippen MR) is 134 cm³/mol. The number of hydrogen-bond donors (Lipinski definition) is 0. The number of carbonyl (C=O) groups excluding carboxylic acids is 2. The third kappa shape index (κ3) is 4.44. The number of Topliss-reactive ketones (excluding diaryl/α,β-unsaturated/α-hetero) is 1. The maximum atomic E-state index is 12.6. The minimum absolute atomic E-state index is 0.00505. The Labute approximate surface area is 203 Å². The Morgan fingerprint density at radius 2 is 1.73 bits per heavy atom. The lowest BCUT2D eigenvalue weighted by atomic mass is 9.44. The number of carbonyl (C=O) groups is 2.